The molecule has 0 saturated carbocycles. The van der Waals surface area contributed by atoms with Gasteiger partial charge in [-0.05, 0) is 24.1 Å². The molecular formula is C13H16FNO. The van der Waals surface area contributed by atoms with Gasteiger partial charge in [-0.2, -0.15) is 0 Å². The van der Waals surface area contributed by atoms with Crippen molar-refractivity contribution in [3.63, 3.8) is 0 Å². The number of hydrogen-bond donors (Lipinski definition) is 0. The number of rotatable bonds is 3. The van der Waals surface area contributed by atoms with Gasteiger partial charge in [0.15, 0.2) is 0 Å². The Kier molecular flexibility index (Phi) is 3.67. The van der Waals surface area contributed by atoms with Crippen LogP contribution in [0.15, 0.2) is 24.3 Å². The molecule has 3 heteroatoms. The van der Waals surface area contributed by atoms with Crippen molar-refractivity contribution < 1.29 is 9.18 Å². The van der Waals surface area contributed by atoms with Crippen molar-refractivity contribution in [2.24, 2.45) is 0 Å². The van der Waals surface area contributed by atoms with Crippen molar-refractivity contribution in [2.45, 2.75) is 19.3 Å². The van der Waals surface area contributed by atoms with Crippen LogP contribution in [0.4, 0.5) is 4.39 Å². The van der Waals surface area contributed by atoms with E-state index in [1.807, 2.05) is 6.07 Å². The summed E-state index contributed by atoms with van der Waals surface area (Å²) in [4.78, 5) is 13.3. The number of nitrogens with zero attached hydrogens (tertiary/aromatic N) is 1. The summed E-state index contributed by atoms with van der Waals surface area (Å²) >= 11 is 0. The Morgan fingerprint density at radius 1 is 1.25 bits per heavy atom. The van der Waals surface area contributed by atoms with Gasteiger partial charge in [0.25, 0.3) is 0 Å². The molecular weight excluding hydrogens is 205 g/mol. The lowest BCUT2D eigenvalue weighted by atomic mass is 10.1. The topological polar surface area (TPSA) is 20.3 Å². The van der Waals surface area contributed by atoms with Crippen LogP contribution in [0.2, 0.25) is 0 Å². The number of piperidine rings is 1. The lowest BCUT2D eigenvalue weighted by Crippen LogP contribution is -2.35. The summed E-state index contributed by atoms with van der Waals surface area (Å²) in [6, 6.07) is 6.72. The molecule has 0 N–H and O–H groups in total. The van der Waals surface area contributed by atoms with Crippen molar-refractivity contribution >= 4 is 5.78 Å². The molecule has 1 heterocycles. The number of halogens is 1. The number of likely N-dealkylation sites (tertiary alicyclic amines) is 1. The first-order valence-corrected chi connectivity index (χ1v) is 5.72. The summed E-state index contributed by atoms with van der Waals surface area (Å²) in [7, 11) is 0. The molecule has 86 valence electrons. The van der Waals surface area contributed by atoms with Crippen LogP contribution >= 0.6 is 0 Å². The first kappa shape index (κ1) is 11.3. The van der Waals surface area contributed by atoms with Crippen molar-refractivity contribution in [1.29, 1.82) is 0 Å². The SMILES string of the molecule is O=C1CCN(CCc2cccc(F)c2)CC1. The summed E-state index contributed by atoms with van der Waals surface area (Å²) in [5.74, 6) is 0.188. The quantitative estimate of drug-likeness (QED) is 0.778. The minimum atomic E-state index is -0.175. The fourth-order valence-electron chi connectivity index (χ4n) is 2.01. The van der Waals surface area contributed by atoms with Crippen LogP contribution in [0.1, 0.15) is 18.4 Å². The van der Waals surface area contributed by atoms with E-state index in [1.54, 1.807) is 12.1 Å². The molecule has 0 unspecified atom stereocenters. The second-order valence-electron chi connectivity index (χ2n) is 4.26. The van der Waals surface area contributed by atoms with Crippen LogP contribution in [0.3, 0.4) is 0 Å². The smallest absolute Gasteiger partial charge is 0.135 e. The van der Waals surface area contributed by atoms with Gasteiger partial charge in [0.1, 0.15) is 11.6 Å². The van der Waals surface area contributed by atoms with Gasteiger partial charge in [-0.25, -0.2) is 4.39 Å². The molecule has 1 aromatic rings. The minimum absolute atomic E-state index is 0.175. The molecule has 0 bridgehead atoms. The number of hydrogen-bond acceptors (Lipinski definition) is 2. The van der Waals surface area contributed by atoms with Gasteiger partial charge in [-0.15, -0.1) is 0 Å². The van der Waals surface area contributed by atoms with Gasteiger partial charge >= 0.3 is 0 Å². The number of carbonyl (C=O) groups is 1. The highest BCUT2D eigenvalue weighted by molar-refractivity contribution is 5.79. The lowest BCUT2D eigenvalue weighted by Gasteiger charge is -2.25. The van der Waals surface area contributed by atoms with Crippen molar-refractivity contribution in [2.75, 3.05) is 19.6 Å². The van der Waals surface area contributed by atoms with Crippen LogP contribution in [-0.2, 0) is 11.2 Å². The predicted molar refractivity (Wildman–Crippen MR) is 60.8 cm³/mol. The maximum absolute atomic E-state index is 12.9. The van der Waals surface area contributed by atoms with Crippen LogP contribution < -0.4 is 0 Å². The Morgan fingerprint density at radius 2 is 2.00 bits per heavy atom. The molecule has 1 aliphatic heterocycles. The zero-order valence-electron chi connectivity index (χ0n) is 9.29. The third-order valence-electron chi connectivity index (χ3n) is 3.02. The van der Waals surface area contributed by atoms with E-state index in [9.17, 15) is 9.18 Å². The number of ketones is 1. The zero-order chi connectivity index (χ0) is 11.4. The standard InChI is InChI=1S/C13H16FNO/c14-12-3-1-2-11(10-12)4-7-15-8-5-13(16)6-9-15/h1-3,10H,4-9H2. The Bertz CT molecular complexity index is 368. The van der Waals surface area contributed by atoms with Crippen LogP contribution in [0, 0.1) is 5.82 Å². The van der Waals surface area contributed by atoms with Gasteiger partial charge in [0.2, 0.25) is 0 Å². The highest BCUT2D eigenvalue weighted by Gasteiger charge is 2.15. The van der Waals surface area contributed by atoms with E-state index in [2.05, 4.69) is 4.90 Å². The number of benzene rings is 1. The summed E-state index contributed by atoms with van der Waals surface area (Å²) in [5, 5.41) is 0. The van der Waals surface area contributed by atoms with Gasteiger partial charge in [-0.1, -0.05) is 12.1 Å². The maximum Gasteiger partial charge on any atom is 0.135 e. The number of carbonyl (C=O) groups excluding carboxylic acids is 1. The molecule has 1 saturated heterocycles. The molecule has 0 amide bonds. The summed E-state index contributed by atoms with van der Waals surface area (Å²) in [6.07, 6.45) is 2.19. The molecule has 0 aromatic heterocycles. The van der Waals surface area contributed by atoms with Crippen LogP contribution in [-0.4, -0.2) is 30.3 Å². The molecule has 1 aliphatic rings. The fraction of sp³-hybridized carbons (Fsp3) is 0.462. The molecule has 0 spiro atoms. The Morgan fingerprint density at radius 3 is 2.69 bits per heavy atom. The minimum Gasteiger partial charge on any atom is -0.302 e. The average molecular weight is 221 g/mol. The molecule has 0 radical (unpaired) electrons. The van der Waals surface area contributed by atoms with E-state index in [0.717, 1.165) is 31.6 Å². The summed E-state index contributed by atoms with van der Waals surface area (Å²) in [6.45, 7) is 2.62. The fourth-order valence-corrected chi connectivity index (χ4v) is 2.01. The van der Waals surface area contributed by atoms with E-state index >= 15 is 0 Å². The Balaban J connectivity index is 1.81. The van der Waals surface area contributed by atoms with E-state index in [0.29, 0.717) is 18.6 Å². The first-order valence-electron chi connectivity index (χ1n) is 5.72. The lowest BCUT2D eigenvalue weighted by molar-refractivity contribution is -0.121. The highest BCUT2D eigenvalue weighted by atomic mass is 19.1. The van der Waals surface area contributed by atoms with Gasteiger partial charge in [0.05, 0.1) is 0 Å². The average Bonchev–Trinajstić information content (AvgIpc) is 2.28. The summed E-state index contributed by atoms with van der Waals surface area (Å²) < 4.78 is 12.9. The zero-order valence-corrected chi connectivity index (χ0v) is 9.29. The van der Waals surface area contributed by atoms with E-state index in [1.165, 1.54) is 6.07 Å². The molecule has 2 rings (SSSR count). The van der Waals surface area contributed by atoms with Crippen molar-refractivity contribution in [1.82, 2.24) is 4.90 Å². The summed E-state index contributed by atoms with van der Waals surface area (Å²) in [5.41, 5.74) is 1.02. The maximum atomic E-state index is 12.9. The number of Topliss-reactive ketones (excluding diaryl/α,β-unsaturated/α-hetero) is 1. The van der Waals surface area contributed by atoms with Gasteiger partial charge in [0, 0.05) is 32.5 Å². The Labute approximate surface area is 95.1 Å². The molecule has 1 aromatic carbocycles. The third-order valence-corrected chi connectivity index (χ3v) is 3.02. The molecule has 0 aliphatic carbocycles. The monoisotopic (exact) mass is 221 g/mol. The van der Waals surface area contributed by atoms with E-state index in [4.69, 9.17) is 0 Å². The second-order valence-corrected chi connectivity index (χ2v) is 4.26. The molecule has 16 heavy (non-hydrogen) atoms. The van der Waals surface area contributed by atoms with Crippen molar-refractivity contribution in [3.8, 4) is 0 Å². The van der Waals surface area contributed by atoms with Gasteiger partial charge < -0.3 is 4.90 Å². The highest BCUT2D eigenvalue weighted by Crippen LogP contribution is 2.09. The van der Waals surface area contributed by atoms with Crippen molar-refractivity contribution in [3.05, 3.63) is 35.6 Å². The van der Waals surface area contributed by atoms with Crippen LogP contribution in [0.5, 0.6) is 0 Å². The predicted octanol–water partition coefficient (Wildman–Crippen LogP) is 2.03. The molecule has 0 atom stereocenters. The third kappa shape index (κ3) is 3.14. The normalized spacial score (nSPS) is 17.7. The largest absolute Gasteiger partial charge is 0.302 e. The molecule has 2 nitrogen and oxygen atoms in total. The molecule has 1 fully saturated rings. The van der Waals surface area contributed by atoms with E-state index < -0.39 is 0 Å². The van der Waals surface area contributed by atoms with Crippen LogP contribution in [0.25, 0.3) is 0 Å². The van der Waals surface area contributed by atoms with E-state index in [-0.39, 0.29) is 5.82 Å². The second kappa shape index (κ2) is 5.21. The first-order chi connectivity index (χ1) is 7.74. The Hall–Kier alpha value is -1.22. The van der Waals surface area contributed by atoms with Gasteiger partial charge in [-0.3, -0.25) is 4.79 Å².